The summed E-state index contributed by atoms with van der Waals surface area (Å²) in [5.41, 5.74) is 3.10. The van der Waals surface area contributed by atoms with E-state index in [0.29, 0.717) is 35.7 Å². The lowest BCUT2D eigenvalue weighted by Crippen LogP contribution is -2.48. The number of aromatic nitrogens is 5. The van der Waals surface area contributed by atoms with E-state index in [1.807, 2.05) is 41.9 Å². The van der Waals surface area contributed by atoms with Crippen LogP contribution in [-0.4, -0.2) is 43.9 Å². The molecular formula is C22H23N7O. The molecule has 1 unspecified atom stereocenters. The molecule has 30 heavy (non-hydrogen) atoms. The fraction of sp³-hybridized carbons (Fsp3) is 0.364. The largest absolute Gasteiger partial charge is 0.349 e. The maximum Gasteiger partial charge on any atom is 0.324 e. The Bertz CT molecular complexity index is 1170. The van der Waals surface area contributed by atoms with Crippen LogP contribution in [0.5, 0.6) is 0 Å². The van der Waals surface area contributed by atoms with Crippen LogP contribution in [0.15, 0.2) is 53.2 Å². The first-order valence-corrected chi connectivity index (χ1v) is 10.5. The van der Waals surface area contributed by atoms with E-state index >= 15 is 0 Å². The van der Waals surface area contributed by atoms with E-state index < -0.39 is 0 Å². The second kappa shape index (κ2) is 6.83. The summed E-state index contributed by atoms with van der Waals surface area (Å²) in [5.74, 6) is 2.40. The lowest BCUT2D eigenvalue weighted by Gasteiger charge is -2.37. The molecule has 1 saturated carbocycles. The SMILES string of the molecule is Cc1noc(N2C[C@H]3CC[C@@H](C2)C3Nc2nc3c(-c4ccccc4)cccn3n2)n1. The van der Waals surface area contributed by atoms with Crippen LogP contribution in [0.2, 0.25) is 0 Å². The first-order chi connectivity index (χ1) is 14.7. The zero-order valence-corrected chi connectivity index (χ0v) is 16.8. The van der Waals surface area contributed by atoms with Crippen molar-refractivity contribution in [3.63, 3.8) is 0 Å². The molecular weight excluding hydrogens is 378 g/mol. The maximum absolute atomic E-state index is 5.39. The lowest BCUT2D eigenvalue weighted by molar-refractivity contribution is 0.340. The van der Waals surface area contributed by atoms with Gasteiger partial charge in [-0.15, -0.1) is 5.10 Å². The molecule has 0 spiro atoms. The molecule has 152 valence electrons. The Balaban J connectivity index is 1.25. The van der Waals surface area contributed by atoms with Crippen LogP contribution >= 0.6 is 0 Å². The zero-order chi connectivity index (χ0) is 20.1. The second-order valence-corrected chi connectivity index (χ2v) is 8.29. The van der Waals surface area contributed by atoms with Crippen molar-refractivity contribution < 1.29 is 4.52 Å². The molecule has 8 nitrogen and oxygen atoms in total. The summed E-state index contributed by atoms with van der Waals surface area (Å²) in [5, 5.41) is 12.3. The molecule has 0 radical (unpaired) electrons. The topological polar surface area (TPSA) is 84.4 Å². The molecule has 2 bridgehead atoms. The van der Waals surface area contributed by atoms with Crippen LogP contribution in [-0.2, 0) is 0 Å². The average Bonchev–Trinajstić information content (AvgIpc) is 3.44. The number of piperidine rings is 1. The third-order valence-electron chi connectivity index (χ3n) is 6.36. The first kappa shape index (κ1) is 17.4. The summed E-state index contributed by atoms with van der Waals surface area (Å²) in [6.07, 6.45) is 4.33. The quantitative estimate of drug-likeness (QED) is 0.561. The highest BCUT2D eigenvalue weighted by molar-refractivity contribution is 5.77. The Labute approximate surface area is 173 Å². The van der Waals surface area contributed by atoms with E-state index in [1.54, 1.807) is 0 Å². The van der Waals surface area contributed by atoms with Gasteiger partial charge in [0.1, 0.15) is 0 Å². The van der Waals surface area contributed by atoms with Gasteiger partial charge in [-0.25, -0.2) is 4.52 Å². The molecule has 2 aliphatic rings. The number of fused-ring (bicyclic) bond motifs is 3. The predicted molar refractivity (Wildman–Crippen MR) is 113 cm³/mol. The van der Waals surface area contributed by atoms with Gasteiger partial charge in [-0.1, -0.05) is 35.5 Å². The predicted octanol–water partition coefficient (Wildman–Crippen LogP) is 3.41. The van der Waals surface area contributed by atoms with Crippen LogP contribution < -0.4 is 10.2 Å². The van der Waals surface area contributed by atoms with Crippen molar-refractivity contribution in [1.82, 2.24) is 24.7 Å². The molecule has 1 saturated heterocycles. The molecule has 2 fully saturated rings. The highest BCUT2D eigenvalue weighted by Gasteiger charge is 2.43. The van der Waals surface area contributed by atoms with Crippen molar-refractivity contribution in [2.75, 3.05) is 23.3 Å². The first-order valence-electron chi connectivity index (χ1n) is 10.5. The minimum absolute atomic E-state index is 0.364. The van der Waals surface area contributed by atoms with E-state index in [2.05, 4.69) is 38.6 Å². The fourth-order valence-electron chi connectivity index (χ4n) is 4.99. The van der Waals surface area contributed by atoms with Gasteiger partial charge in [-0.3, -0.25) is 0 Å². The number of benzene rings is 1. The lowest BCUT2D eigenvalue weighted by atomic mass is 9.92. The summed E-state index contributed by atoms with van der Waals surface area (Å²) in [4.78, 5) is 11.5. The minimum atomic E-state index is 0.364. The molecule has 4 heterocycles. The Morgan fingerprint density at radius 1 is 1.00 bits per heavy atom. The van der Waals surface area contributed by atoms with Crippen LogP contribution in [0.1, 0.15) is 18.7 Å². The van der Waals surface area contributed by atoms with Crippen molar-refractivity contribution in [2.24, 2.45) is 11.8 Å². The van der Waals surface area contributed by atoms with E-state index in [1.165, 1.54) is 12.8 Å². The van der Waals surface area contributed by atoms with Crippen molar-refractivity contribution in [2.45, 2.75) is 25.8 Å². The third kappa shape index (κ3) is 2.91. The van der Waals surface area contributed by atoms with Crippen LogP contribution in [0.25, 0.3) is 16.8 Å². The number of hydrogen-bond acceptors (Lipinski definition) is 7. The van der Waals surface area contributed by atoms with Gasteiger partial charge in [0.2, 0.25) is 5.95 Å². The highest BCUT2D eigenvalue weighted by Crippen LogP contribution is 2.39. The molecule has 6 rings (SSSR count). The summed E-state index contributed by atoms with van der Waals surface area (Å²) in [6, 6.07) is 15.4. The molecule has 1 N–H and O–H groups in total. The van der Waals surface area contributed by atoms with Gasteiger partial charge in [-0.05, 0) is 49.3 Å². The van der Waals surface area contributed by atoms with E-state index in [-0.39, 0.29) is 0 Å². The van der Waals surface area contributed by atoms with Gasteiger partial charge < -0.3 is 14.7 Å². The van der Waals surface area contributed by atoms with Gasteiger partial charge in [0.05, 0.1) is 0 Å². The molecule has 1 aromatic carbocycles. The molecule has 1 aliphatic heterocycles. The van der Waals surface area contributed by atoms with Crippen molar-refractivity contribution in [3.8, 4) is 11.1 Å². The van der Waals surface area contributed by atoms with Crippen LogP contribution in [0.3, 0.4) is 0 Å². The Kier molecular flexibility index (Phi) is 3.97. The fourth-order valence-corrected chi connectivity index (χ4v) is 4.99. The third-order valence-corrected chi connectivity index (χ3v) is 6.36. The summed E-state index contributed by atoms with van der Waals surface area (Å²) in [7, 11) is 0. The summed E-state index contributed by atoms with van der Waals surface area (Å²) < 4.78 is 7.26. The standard InChI is InChI=1S/C22H23N7O/c1-14-23-22(30-27-14)28-12-16-9-10-17(13-28)19(16)24-21-25-20-18(8-5-11-29(20)26-21)15-6-3-2-4-7-15/h2-8,11,16-17,19H,9-10,12-13H2,1H3,(H,24,26)/t16-,17+,19?. The number of nitrogens with one attached hydrogen (secondary N) is 1. The van der Waals surface area contributed by atoms with Crippen molar-refractivity contribution in [3.05, 3.63) is 54.5 Å². The Morgan fingerprint density at radius 3 is 2.53 bits per heavy atom. The molecule has 3 aromatic heterocycles. The van der Waals surface area contributed by atoms with Crippen LogP contribution in [0.4, 0.5) is 12.0 Å². The normalized spacial score (nSPS) is 23.2. The summed E-state index contributed by atoms with van der Waals surface area (Å²) in [6.45, 7) is 3.69. The van der Waals surface area contributed by atoms with Gasteiger partial charge in [-0.2, -0.15) is 9.97 Å². The molecule has 0 amide bonds. The number of pyridine rings is 1. The van der Waals surface area contributed by atoms with Gasteiger partial charge in [0.25, 0.3) is 0 Å². The number of anilines is 2. The number of aryl methyl sites for hydroxylation is 1. The van der Waals surface area contributed by atoms with E-state index in [4.69, 9.17) is 14.6 Å². The molecule has 3 atom stereocenters. The van der Waals surface area contributed by atoms with Gasteiger partial charge in [0.15, 0.2) is 11.5 Å². The van der Waals surface area contributed by atoms with E-state index in [0.717, 1.165) is 29.9 Å². The number of rotatable bonds is 4. The van der Waals surface area contributed by atoms with Gasteiger partial charge >= 0.3 is 6.01 Å². The summed E-state index contributed by atoms with van der Waals surface area (Å²) >= 11 is 0. The highest BCUT2D eigenvalue weighted by atomic mass is 16.5. The smallest absolute Gasteiger partial charge is 0.324 e. The van der Waals surface area contributed by atoms with Crippen LogP contribution in [0, 0.1) is 18.8 Å². The molecule has 8 heteroatoms. The van der Waals surface area contributed by atoms with Crippen molar-refractivity contribution in [1.29, 1.82) is 0 Å². The molecule has 1 aliphatic carbocycles. The monoisotopic (exact) mass is 401 g/mol. The maximum atomic E-state index is 5.39. The Morgan fingerprint density at radius 2 is 1.80 bits per heavy atom. The molecule has 4 aromatic rings. The second-order valence-electron chi connectivity index (χ2n) is 8.29. The average molecular weight is 401 g/mol. The van der Waals surface area contributed by atoms with E-state index in [9.17, 15) is 0 Å². The minimum Gasteiger partial charge on any atom is -0.349 e. The zero-order valence-electron chi connectivity index (χ0n) is 16.8. The number of nitrogens with zero attached hydrogens (tertiary/aromatic N) is 6. The number of hydrogen-bond donors (Lipinski definition) is 1. The van der Waals surface area contributed by atoms with Gasteiger partial charge in [0, 0.05) is 30.9 Å². The van der Waals surface area contributed by atoms with Crippen molar-refractivity contribution >= 4 is 17.6 Å². The Hall–Kier alpha value is -3.42.